The zero-order chi connectivity index (χ0) is 5.98. The number of carbonyl (C=O) groups is 1. The van der Waals surface area contributed by atoms with E-state index in [1.165, 1.54) is 0 Å². The quantitative estimate of drug-likeness (QED) is 0.549. The minimum atomic E-state index is -0.439. The van der Waals surface area contributed by atoms with E-state index in [1.807, 2.05) is 0 Å². The van der Waals surface area contributed by atoms with Gasteiger partial charge in [-0.05, 0) is 0 Å². The molecule has 0 saturated heterocycles. The largest absolute Gasteiger partial charge is 0.345 e. The van der Waals surface area contributed by atoms with Crippen molar-refractivity contribution in [3.63, 3.8) is 0 Å². The van der Waals surface area contributed by atoms with Gasteiger partial charge in [-0.15, -0.1) is 5.10 Å². The van der Waals surface area contributed by atoms with Crippen LogP contribution >= 0.6 is 12.6 Å². The van der Waals surface area contributed by atoms with Gasteiger partial charge in [0.05, 0.1) is 0 Å². The Kier molecular flexibility index (Phi) is 1.29. The second-order valence-corrected chi connectivity index (χ2v) is 1.50. The van der Waals surface area contributed by atoms with E-state index in [0.29, 0.717) is 0 Å². The number of nitrogens with zero attached hydrogens (tertiary/aromatic N) is 2. The predicted octanol–water partition coefficient (Wildman–Crippen LogP) is 0.140. The first-order valence-electron chi connectivity index (χ1n) is 1.81. The van der Waals surface area contributed by atoms with Crippen molar-refractivity contribution in [3.05, 3.63) is 12.0 Å². The lowest BCUT2D eigenvalue weighted by atomic mass is 10.6. The first-order valence-corrected chi connectivity index (χ1v) is 2.26. The highest BCUT2D eigenvalue weighted by molar-refractivity contribution is 7.97. The zero-order valence-electron chi connectivity index (χ0n) is 3.74. The van der Waals surface area contributed by atoms with Crippen molar-refractivity contribution < 1.29 is 9.32 Å². The van der Waals surface area contributed by atoms with Crippen molar-refractivity contribution in [2.75, 3.05) is 0 Å². The van der Waals surface area contributed by atoms with Gasteiger partial charge in [0.1, 0.15) is 0 Å². The fraction of sp³-hybridized carbons (Fsp3) is 0. The normalized spacial score (nSPS) is 9.12. The first-order chi connectivity index (χ1) is 3.80. The summed E-state index contributed by atoms with van der Waals surface area (Å²) in [6.07, 6.45) is 1.13. The van der Waals surface area contributed by atoms with Crippen LogP contribution in [0.15, 0.2) is 10.8 Å². The van der Waals surface area contributed by atoms with Gasteiger partial charge in [-0.25, -0.2) is 0 Å². The van der Waals surface area contributed by atoms with Gasteiger partial charge in [-0.1, -0.05) is 12.6 Å². The van der Waals surface area contributed by atoms with Crippen LogP contribution in [0.2, 0.25) is 0 Å². The van der Waals surface area contributed by atoms with E-state index in [2.05, 4.69) is 27.5 Å². The average Bonchev–Trinajstić information content (AvgIpc) is 2.12. The monoisotopic (exact) mass is 130 g/mol. The van der Waals surface area contributed by atoms with Crippen LogP contribution in [0.1, 0.15) is 10.5 Å². The van der Waals surface area contributed by atoms with Crippen LogP contribution in [-0.2, 0) is 0 Å². The summed E-state index contributed by atoms with van der Waals surface area (Å²) in [6, 6.07) is 0. The van der Waals surface area contributed by atoms with E-state index >= 15 is 0 Å². The van der Waals surface area contributed by atoms with Crippen molar-refractivity contribution in [2.45, 2.75) is 0 Å². The van der Waals surface area contributed by atoms with Gasteiger partial charge >= 0.3 is 0 Å². The van der Waals surface area contributed by atoms with E-state index in [4.69, 9.17) is 0 Å². The van der Waals surface area contributed by atoms with E-state index in [-0.39, 0.29) is 5.69 Å². The molecule has 5 heteroatoms. The molecule has 0 aliphatic heterocycles. The van der Waals surface area contributed by atoms with Crippen molar-refractivity contribution in [1.29, 1.82) is 0 Å². The molecule has 0 radical (unpaired) electrons. The topological polar surface area (TPSA) is 56.0 Å². The molecule has 8 heavy (non-hydrogen) atoms. The lowest BCUT2D eigenvalue weighted by Gasteiger charge is -1.73. The SMILES string of the molecule is O=C(S)c1conn1. The van der Waals surface area contributed by atoms with Crippen LogP contribution in [0.25, 0.3) is 0 Å². The molecule has 0 aromatic carbocycles. The van der Waals surface area contributed by atoms with E-state index in [1.54, 1.807) is 0 Å². The third-order valence-corrected chi connectivity index (χ3v) is 0.808. The maximum Gasteiger partial charge on any atom is 0.240 e. The van der Waals surface area contributed by atoms with E-state index in [9.17, 15) is 4.79 Å². The molecule has 1 rings (SSSR count). The van der Waals surface area contributed by atoms with Crippen LogP contribution in [0, 0.1) is 0 Å². The number of hydrogen-bond acceptors (Lipinski definition) is 4. The zero-order valence-corrected chi connectivity index (χ0v) is 4.63. The summed E-state index contributed by atoms with van der Waals surface area (Å²) >= 11 is 3.45. The minimum Gasteiger partial charge on any atom is -0.345 e. The molecule has 0 N–H and O–H groups in total. The molecule has 0 fully saturated rings. The number of rotatable bonds is 1. The van der Waals surface area contributed by atoms with E-state index in [0.717, 1.165) is 6.26 Å². The van der Waals surface area contributed by atoms with Crippen molar-refractivity contribution in [1.82, 2.24) is 10.4 Å². The molecule has 0 saturated carbocycles. The number of hydrogen-bond donors (Lipinski definition) is 1. The molecule has 0 spiro atoms. The molecule has 0 amide bonds. The van der Waals surface area contributed by atoms with Crippen LogP contribution in [0.5, 0.6) is 0 Å². The summed E-state index contributed by atoms with van der Waals surface area (Å²) in [6.45, 7) is 0. The molecule has 0 aliphatic carbocycles. The molecule has 1 aromatic rings. The van der Waals surface area contributed by atoms with Crippen LogP contribution in [-0.4, -0.2) is 15.5 Å². The Hall–Kier alpha value is -0.840. The van der Waals surface area contributed by atoms with Crippen molar-refractivity contribution in [2.24, 2.45) is 0 Å². The maximum absolute atomic E-state index is 10.2. The number of aromatic nitrogens is 2. The summed E-state index contributed by atoms with van der Waals surface area (Å²) in [4.78, 5) is 10.2. The molecule has 1 heterocycles. The molecular weight excluding hydrogens is 128 g/mol. The van der Waals surface area contributed by atoms with Gasteiger partial charge in [-0.2, -0.15) is 0 Å². The summed E-state index contributed by atoms with van der Waals surface area (Å²) in [5.41, 5.74) is 0.133. The molecule has 0 atom stereocenters. The Balaban J connectivity index is 2.93. The predicted molar refractivity (Wildman–Crippen MR) is 27.6 cm³/mol. The standard InChI is InChI=1S/C3H2N2O2S/c6-3(8)2-1-7-5-4-2/h1H,(H,6,8). The Morgan fingerprint density at radius 1 is 1.88 bits per heavy atom. The van der Waals surface area contributed by atoms with Crippen LogP contribution in [0.4, 0.5) is 0 Å². The molecule has 0 unspecified atom stereocenters. The third-order valence-electron chi connectivity index (χ3n) is 0.579. The molecular formula is C3H2N2O2S. The lowest BCUT2D eigenvalue weighted by molar-refractivity contribution is 0.108. The lowest BCUT2D eigenvalue weighted by Crippen LogP contribution is -1.86. The Morgan fingerprint density at radius 2 is 2.62 bits per heavy atom. The summed E-state index contributed by atoms with van der Waals surface area (Å²) in [5.74, 6) is 0. The second-order valence-electron chi connectivity index (χ2n) is 1.10. The van der Waals surface area contributed by atoms with E-state index < -0.39 is 5.12 Å². The molecule has 0 bridgehead atoms. The molecule has 4 nitrogen and oxygen atoms in total. The fourth-order valence-electron chi connectivity index (χ4n) is 0.258. The Bertz CT molecular complexity index is 183. The fourth-order valence-corrected chi connectivity index (χ4v) is 0.355. The number of carbonyl (C=O) groups excluding carboxylic acids is 1. The molecule has 0 aliphatic rings. The van der Waals surface area contributed by atoms with Crippen molar-refractivity contribution in [3.8, 4) is 0 Å². The number of thiol groups is 1. The molecule has 1 aromatic heterocycles. The Morgan fingerprint density at radius 3 is 2.88 bits per heavy atom. The summed E-state index contributed by atoms with van der Waals surface area (Å²) < 4.78 is 4.24. The second kappa shape index (κ2) is 1.95. The summed E-state index contributed by atoms with van der Waals surface area (Å²) in [5, 5.41) is 5.88. The van der Waals surface area contributed by atoms with Crippen LogP contribution in [0.3, 0.4) is 0 Å². The smallest absolute Gasteiger partial charge is 0.240 e. The van der Waals surface area contributed by atoms with Crippen molar-refractivity contribution >= 4 is 17.7 Å². The first kappa shape index (κ1) is 5.30. The Labute approximate surface area is 50.3 Å². The summed E-state index contributed by atoms with van der Waals surface area (Å²) in [7, 11) is 0. The highest BCUT2D eigenvalue weighted by Crippen LogP contribution is 1.94. The van der Waals surface area contributed by atoms with Crippen LogP contribution < -0.4 is 0 Å². The molecule has 42 valence electrons. The average molecular weight is 130 g/mol. The maximum atomic E-state index is 10.2. The minimum absolute atomic E-state index is 0.133. The van der Waals surface area contributed by atoms with Gasteiger partial charge in [-0.3, -0.25) is 4.79 Å². The highest BCUT2D eigenvalue weighted by atomic mass is 32.1. The van der Waals surface area contributed by atoms with Gasteiger partial charge < -0.3 is 4.52 Å². The van der Waals surface area contributed by atoms with Gasteiger partial charge in [0.2, 0.25) is 5.12 Å². The highest BCUT2D eigenvalue weighted by Gasteiger charge is 2.01. The third kappa shape index (κ3) is 0.865. The van der Waals surface area contributed by atoms with Gasteiger partial charge in [0, 0.05) is 5.27 Å². The van der Waals surface area contributed by atoms with Gasteiger partial charge in [0.25, 0.3) is 0 Å². The van der Waals surface area contributed by atoms with Gasteiger partial charge in [0.15, 0.2) is 12.0 Å².